The van der Waals surface area contributed by atoms with Crippen molar-refractivity contribution >= 4 is 25.7 Å². The minimum atomic E-state index is -4.71. The molecular formula is C40H74NO10P. The normalized spacial score (nSPS) is 14.1. The largest absolute Gasteiger partial charge is 0.480 e. The minimum absolute atomic E-state index is 0.162. The van der Waals surface area contributed by atoms with E-state index in [0.717, 1.165) is 64.2 Å². The smallest absolute Gasteiger partial charge is 0.472 e. The van der Waals surface area contributed by atoms with Gasteiger partial charge < -0.3 is 25.2 Å². The summed E-state index contributed by atoms with van der Waals surface area (Å²) in [6, 6.07) is -1.52. The van der Waals surface area contributed by atoms with Crippen LogP contribution in [0.25, 0.3) is 0 Å². The van der Waals surface area contributed by atoms with Crippen LogP contribution in [0.1, 0.15) is 181 Å². The number of carboxylic acid groups (broad SMARTS) is 1. The maximum Gasteiger partial charge on any atom is 0.472 e. The summed E-state index contributed by atoms with van der Waals surface area (Å²) >= 11 is 0. The summed E-state index contributed by atoms with van der Waals surface area (Å²) in [7, 11) is -4.71. The van der Waals surface area contributed by atoms with Crippen molar-refractivity contribution in [2.45, 2.75) is 193 Å². The summed E-state index contributed by atoms with van der Waals surface area (Å²) in [5, 5.41) is 8.87. The molecular weight excluding hydrogens is 685 g/mol. The lowest BCUT2D eigenvalue weighted by atomic mass is 10.0. The number of phosphoric ester groups is 1. The fourth-order valence-electron chi connectivity index (χ4n) is 5.43. The zero-order valence-electron chi connectivity index (χ0n) is 32.7. The van der Waals surface area contributed by atoms with E-state index in [-0.39, 0.29) is 19.4 Å². The van der Waals surface area contributed by atoms with Gasteiger partial charge in [0.1, 0.15) is 12.6 Å². The molecule has 52 heavy (non-hydrogen) atoms. The Kier molecular flexibility index (Phi) is 34.6. The quantitative estimate of drug-likeness (QED) is 0.0237. The lowest BCUT2D eigenvalue weighted by molar-refractivity contribution is -0.161. The van der Waals surface area contributed by atoms with Gasteiger partial charge in [-0.1, -0.05) is 154 Å². The van der Waals surface area contributed by atoms with E-state index in [0.29, 0.717) is 12.8 Å². The number of carbonyl (C=O) groups is 3. The summed E-state index contributed by atoms with van der Waals surface area (Å²) in [5.41, 5.74) is 5.32. The average molecular weight is 760 g/mol. The number of phosphoric acid groups is 1. The molecule has 3 atom stereocenters. The van der Waals surface area contributed by atoms with E-state index in [1.54, 1.807) is 0 Å². The number of nitrogens with two attached hydrogens (primary N) is 1. The Morgan fingerprint density at radius 1 is 0.596 bits per heavy atom. The highest BCUT2D eigenvalue weighted by Crippen LogP contribution is 2.43. The highest BCUT2D eigenvalue weighted by molar-refractivity contribution is 7.47. The molecule has 0 fully saturated rings. The van der Waals surface area contributed by atoms with Crippen molar-refractivity contribution in [1.82, 2.24) is 0 Å². The molecule has 0 aliphatic carbocycles. The SMILES string of the molecule is CCCC/C=C/C/C=C/CCCCCCCC(=O)OC[C@H](COP(=O)(O)OC[C@H](N)C(=O)O)OC(=O)CCCCCCCCCCCCCCCC. The summed E-state index contributed by atoms with van der Waals surface area (Å²) in [6.07, 6.45) is 35.2. The zero-order chi connectivity index (χ0) is 38.5. The van der Waals surface area contributed by atoms with Crippen molar-refractivity contribution in [1.29, 1.82) is 0 Å². The predicted octanol–water partition coefficient (Wildman–Crippen LogP) is 10.3. The topological polar surface area (TPSA) is 172 Å². The molecule has 0 aromatic carbocycles. The summed E-state index contributed by atoms with van der Waals surface area (Å²) in [6.45, 7) is 2.74. The van der Waals surface area contributed by atoms with Crippen molar-refractivity contribution in [2.24, 2.45) is 5.73 Å². The molecule has 0 bridgehead atoms. The molecule has 0 aromatic heterocycles. The maximum absolute atomic E-state index is 12.6. The summed E-state index contributed by atoms with van der Waals surface area (Å²) in [5.74, 6) is -2.39. The van der Waals surface area contributed by atoms with Crippen LogP contribution in [0.4, 0.5) is 0 Å². The van der Waals surface area contributed by atoms with Gasteiger partial charge >= 0.3 is 25.7 Å². The van der Waals surface area contributed by atoms with Crippen LogP contribution in [0, 0.1) is 0 Å². The first kappa shape index (κ1) is 50.0. The fourth-order valence-corrected chi connectivity index (χ4v) is 6.21. The van der Waals surface area contributed by atoms with Gasteiger partial charge in [0.05, 0.1) is 13.2 Å². The molecule has 0 aromatic rings. The van der Waals surface area contributed by atoms with E-state index < -0.39 is 51.1 Å². The zero-order valence-corrected chi connectivity index (χ0v) is 33.5. The Hall–Kier alpha value is -2.04. The molecule has 4 N–H and O–H groups in total. The van der Waals surface area contributed by atoms with Gasteiger partial charge in [0, 0.05) is 12.8 Å². The van der Waals surface area contributed by atoms with Crippen LogP contribution in [-0.4, -0.2) is 59.9 Å². The van der Waals surface area contributed by atoms with Crippen molar-refractivity contribution < 1.29 is 47.5 Å². The molecule has 1 unspecified atom stereocenters. The van der Waals surface area contributed by atoms with E-state index in [1.807, 2.05) is 0 Å². The molecule has 0 amide bonds. The molecule has 304 valence electrons. The Morgan fingerprint density at radius 3 is 1.56 bits per heavy atom. The Balaban J connectivity index is 4.41. The number of unbranched alkanes of at least 4 members (excludes halogenated alkanes) is 20. The van der Waals surface area contributed by atoms with Crippen LogP contribution < -0.4 is 5.73 Å². The number of hydrogen-bond donors (Lipinski definition) is 3. The van der Waals surface area contributed by atoms with E-state index in [9.17, 15) is 23.8 Å². The third-order valence-corrected chi connectivity index (χ3v) is 9.65. The average Bonchev–Trinajstić information content (AvgIpc) is 3.12. The van der Waals surface area contributed by atoms with Gasteiger partial charge in [0.2, 0.25) is 0 Å². The number of hydrogen-bond acceptors (Lipinski definition) is 9. The van der Waals surface area contributed by atoms with Gasteiger partial charge in [-0.15, -0.1) is 0 Å². The first-order chi connectivity index (χ1) is 25.1. The minimum Gasteiger partial charge on any atom is -0.480 e. The third kappa shape index (κ3) is 35.0. The number of allylic oxidation sites excluding steroid dienone is 4. The predicted molar refractivity (Wildman–Crippen MR) is 208 cm³/mol. The maximum atomic E-state index is 12.6. The van der Waals surface area contributed by atoms with Gasteiger partial charge in [0.15, 0.2) is 6.10 Å². The summed E-state index contributed by atoms with van der Waals surface area (Å²) < 4.78 is 32.6. The Bertz CT molecular complexity index is 989. The van der Waals surface area contributed by atoms with Crippen LogP contribution in [0.2, 0.25) is 0 Å². The van der Waals surface area contributed by atoms with E-state index in [1.165, 1.54) is 77.0 Å². The lowest BCUT2D eigenvalue weighted by Gasteiger charge is -2.20. The number of carbonyl (C=O) groups excluding carboxylic acids is 2. The molecule has 11 nitrogen and oxygen atoms in total. The Labute approximate surface area is 315 Å². The molecule has 0 rings (SSSR count). The molecule has 0 spiro atoms. The first-order valence-electron chi connectivity index (χ1n) is 20.4. The molecule has 0 radical (unpaired) electrons. The second kappa shape index (κ2) is 36.0. The molecule has 0 saturated heterocycles. The van der Waals surface area contributed by atoms with E-state index >= 15 is 0 Å². The van der Waals surface area contributed by atoms with Crippen LogP contribution in [0.3, 0.4) is 0 Å². The molecule has 0 aliphatic rings. The van der Waals surface area contributed by atoms with Gasteiger partial charge in [-0.05, 0) is 38.5 Å². The van der Waals surface area contributed by atoms with Gasteiger partial charge in [0.25, 0.3) is 0 Å². The van der Waals surface area contributed by atoms with Crippen molar-refractivity contribution in [2.75, 3.05) is 19.8 Å². The lowest BCUT2D eigenvalue weighted by Crippen LogP contribution is -2.34. The Morgan fingerprint density at radius 2 is 1.04 bits per heavy atom. The monoisotopic (exact) mass is 760 g/mol. The van der Waals surface area contributed by atoms with Crippen LogP contribution in [-0.2, 0) is 37.5 Å². The van der Waals surface area contributed by atoms with E-state index in [4.69, 9.17) is 24.8 Å². The number of carboxylic acids is 1. The number of esters is 2. The third-order valence-electron chi connectivity index (χ3n) is 8.70. The standard InChI is InChI=1S/C40H74NO10P/c1-3-5-7-9-11-13-15-17-19-21-23-25-27-29-31-38(42)48-33-36(34-49-52(46,47)50-35-37(41)40(44)45)51-39(43)32-30-28-26-24-22-20-18-16-14-12-10-8-6-4-2/h9,11,15,17,36-37H,3-8,10,12-14,16,18-35,41H2,1-2H3,(H,44,45)(H,46,47)/b11-9+,17-15+/t36-,37+/m1/s1. The van der Waals surface area contributed by atoms with Crippen molar-refractivity contribution in [3.63, 3.8) is 0 Å². The number of aliphatic carboxylic acids is 1. The van der Waals surface area contributed by atoms with Crippen LogP contribution >= 0.6 is 7.82 Å². The number of ether oxygens (including phenoxy) is 2. The van der Waals surface area contributed by atoms with Gasteiger partial charge in [-0.3, -0.25) is 23.4 Å². The highest BCUT2D eigenvalue weighted by atomic mass is 31.2. The van der Waals surface area contributed by atoms with Crippen molar-refractivity contribution in [3.05, 3.63) is 24.3 Å². The van der Waals surface area contributed by atoms with Crippen molar-refractivity contribution in [3.8, 4) is 0 Å². The molecule has 0 heterocycles. The van der Waals surface area contributed by atoms with Gasteiger partial charge in [-0.2, -0.15) is 0 Å². The van der Waals surface area contributed by atoms with E-state index in [2.05, 4.69) is 42.7 Å². The second-order valence-corrected chi connectivity index (χ2v) is 15.2. The van der Waals surface area contributed by atoms with Crippen LogP contribution in [0.15, 0.2) is 24.3 Å². The summed E-state index contributed by atoms with van der Waals surface area (Å²) in [4.78, 5) is 45.8. The fraction of sp³-hybridized carbons (Fsp3) is 0.825. The highest BCUT2D eigenvalue weighted by Gasteiger charge is 2.28. The molecule has 0 saturated carbocycles. The first-order valence-corrected chi connectivity index (χ1v) is 21.9. The molecule has 12 heteroatoms. The van der Waals surface area contributed by atoms with Gasteiger partial charge in [-0.25, -0.2) is 4.57 Å². The second-order valence-electron chi connectivity index (χ2n) is 13.8. The van der Waals surface area contributed by atoms with Crippen LogP contribution in [0.5, 0.6) is 0 Å². The molecule has 0 aliphatic heterocycles. The number of rotatable bonds is 38.